The molecule has 0 saturated carbocycles. The highest BCUT2D eigenvalue weighted by atomic mass is 15.3. The lowest BCUT2D eigenvalue weighted by atomic mass is 10.0. The Hall–Kier alpha value is -1.06. The molecule has 4 heteroatoms. The van der Waals surface area contributed by atoms with E-state index in [0.717, 1.165) is 18.7 Å². The third kappa shape index (κ3) is 12.4. The minimum Gasteiger partial charge on any atom is -0.264 e. The van der Waals surface area contributed by atoms with Crippen LogP contribution in [0.3, 0.4) is 0 Å². The van der Waals surface area contributed by atoms with Crippen molar-refractivity contribution in [2.75, 3.05) is 0 Å². The van der Waals surface area contributed by atoms with Gasteiger partial charge in [-0.05, 0) is 6.42 Å². The first kappa shape index (κ1) is 21.0. The summed E-state index contributed by atoms with van der Waals surface area (Å²) < 4.78 is 0. The number of amidine groups is 1. The third-order valence-electron chi connectivity index (χ3n) is 4.75. The Morgan fingerprint density at radius 3 is 1.38 bits per heavy atom. The molecule has 0 bridgehead atoms. The Balaban J connectivity index is 1.70. The zero-order valence-electron chi connectivity index (χ0n) is 15.9. The Morgan fingerprint density at radius 1 is 0.583 bits per heavy atom. The van der Waals surface area contributed by atoms with Gasteiger partial charge in [-0.15, -0.1) is 10.2 Å². The van der Waals surface area contributed by atoms with E-state index >= 15 is 0 Å². The Labute approximate surface area is 149 Å². The van der Waals surface area contributed by atoms with Crippen LogP contribution in [0.2, 0.25) is 0 Å². The molecule has 0 aromatic heterocycles. The normalized spacial score (nSPS) is 13.7. The van der Waals surface area contributed by atoms with E-state index in [0.29, 0.717) is 0 Å². The third-order valence-corrected chi connectivity index (χ3v) is 4.75. The van der Waals surface area contributed by atoms with Crippen LogP contribution in [0.4, 0.5) is 0 Å². The molecule has 0 spiro atoms. The monoisotopic (exact) mass is 334 g/mol. The SMILES string of the molecule is CCCCCCCCCCCCCCCCCCC1=NC(=N)N=N1. The van der Waals surface area contributed by atoms with Crippen molar-refractivity contribution < 1.29 is 0 Å². The van der Waals surface area contributed by atoms with Crippen molar-refractivity contribution in [3.05, 3.63) is 0 Å². The van der Waals surface area contributed by atoms with Crippen LogP contribution in [0.1, 0.15) is 116 Å². The summed E-state index contributed by atoms with van der Waals surface area (Å²) in [7, 11) is 0. The molecule has 0 amide bonds. The summed E-state index contributed by atoms with van der Waals surface area (Å²) in [5, 5.41) is 14.7. The van der Waals surface area contributed by atoms with Gasteiger partial charge in [-0.1, -0.05) is 103 Å². The van der Waals surface area contributed by atoms with Crippen molar-refractivity contribution in [2.45, 2.75) is 116 Å². The number of nitrogens with zero attached hydrogens (tertiary/aromatic N) is 3. The van der Waals surface area contributed by atoms with Crippen molar-refractivity contribution in [2.24, 2.45) is 15.2 Å². The largest absolute Gasteiger partial charge is 0.264 e. The van der Waals surface area contributed by atoms with Gasteiger partial charge in [0.2, 0.25) is 0 Å². The second kappa shape index (κ2) is 15.5. The van der Waals surface area contributed by atoms with Crippen LogP contribution >= 0.6 is 0 Å². The number of guanidine groups is 1. The number of nitrogens with one attached hydrogen (secondary N) is 1. The smallest absolute Gasteiger partial charge is 0.263 e. The predicted molar refractivity (Wildman–Crippen MR) is 104 cm³/mol. The van der Waals surface area contributed by atoms with E-state index in [9.17, 15) is 0 Å². The molecule has 24 heavy (non-hydrogen) atoms. The van der Waals surface area contributed by atoms with Gasteiger partial charge in [0, 0.05) is 6.42 Å². The number of hydrogen-bond donors (Lipinski definition) is 1. The van der Waals surface area contributed by atoms with Crippen LogP contribution in [-0.4, -0.2) is 11.8 Å². The van der Waals surface area contributed by atoms with E-state index in [1.807, 2.05) is 0 Å². The fraction of sp³-hybridized carbons (Fsp3) is 0.900. The second-order valence-electron chi connectivity index (χ2n) is 7.10. The number of rotatable bonds is 17. The topological polar surface area (TPSA) is 60.9 Å². The standard InChI is InChI=1S/C20H38N4/c1-2-3-4-5-6-7-8-9-10-11-12-13-14-15-16-17-18-19-22-20(21)24-23-19/h21H,2-18H2,1H3. The van der Waals surface area contributed by atoms with Gasteiger partial charge >= 0.3 is 0 Å². The summed E-state index contributed by atoms with van der Waals surface area (Å²) in [5.41, 5.74) is 0. The van der Waals surface area contributed by atoms with Crippen molar-refractivity contribution in [1.82, 2.24) is 0 Å². The Bertz CT molecular complexity index is 374. The van der Waals surface area contributed by atoms with Crippen LogP contribution in [0.5, 0.6) is 0 Å². The minimum atomic E-state index is 0.0569. The molecular formula is C20H38N4. The lowest BCUT2D eigenvalue weighted by molar-refractivity contribution is 0.530. The van der Waals surface area contributed by atoms with Crippen LogP contribution < -0.4 is 0 Å². The summed E-state index contributed by atoms with van der Waals surface area (Å²) in [5.74, 6) is 0.798. The highest BCUT2D eigenvalue weighted by Gasteiger charge is 2.06. The fourth-order valence-electron chi connectivity index (χ4n) is 3.21. The van der Waals surface area contributed by atoms with E-state index in [2.05, 4.69) is 22.1 Å². The fourth-order valence-corrected chi connectivity index (χ4v) is 3.21. The summed E-state index contributed by atoms with van der Waals surface area (Å²) in [6, 6.07) is 0. The van der Waals surface area contributed by atoms with Gasteiger partial charge < -0.3 is 0 Å². The molecule has 1 aliphatic rings. The molecule has 0 fully saturated rings. The van der Waals surface area contributed by atoms with Gasteiger partial charge in [0.1, 0.15) is 0 Å². The van der Waals surface area contributed by atoms with Crippen molar-refractivity contribution in [1.29, 1.82) is 5.41 Å². The molecule has 0 atom stereocenters. The average Bonchev–Trinajstić information content (AvgIpc) is 3.00. The predicted octanol–water partition coefficient (Wildman–Crippen LogP) is 7.44. The first-order valence-corrected chi connectivity index (χ1v) is 10.4. The van der Waals surface area contributed by atoms with E-state index in [1.165, 1.54) is 96.3 Å². The molecule has 4 nitrogen and oxygen atoms in total. The molecular weight excluding hydrogens is 296 g/mol. The highest BCUT2D eigenvalue weighted by Crippen LogP contribution is 2.14. The van der Waals surface area contributed by atoms with E-state index < -0.39 is 0 Å². The first-order chi connectivity index (χ1) is 11.8. The minimum absolute atomic E-state index is 0.0569. The van der Waals surface area contributed by atoms with Crippen LogP contribution in [0, 0.1) is 5.41 Å². The summed E-state index contributed by atoms with van der Waals surface area (Å²) in [6.45, 7) is 2.28. The van der Waals surface area contributed by atoms with Crippen molar-refractivity contribution in [3.63, 3.8) is 0 Å². The van der Waals surface area contributed by atoms with Crippen molar-refractivity contribution in [3.8, 4) is 0 Å². The molecule has 0 radical (unpaired) electrons. The Kier molecular flexibility index (Phi) is 13.5. The molecule has 0 aliphatic carbocycles. The first-order valence-electron chi connectivity index (χ1n) is 10.4. The molecule has 0 saturated heterocycles. The number of aliphatic imine (C=N–C) groups is 1. The zero-order valence-corrected chi connectivity index (χ0v) is 15.9. The molecule has 1 aliphatic heterocycles. The molecule has 1 rings (SSSR count). The average molecular weight is 335 g/mol. The molecule has 138 valence electrons. The van der Waals surface area contributed by atoms with E-state index in [4.69, 9.17) is 5.41 Å². The molecule has 0 aromatic carbocycles. The maximum Gasteiger partial charge on any atom is 0.263 e. The molecule has 0 aromatic rings. The van der Waals surface area contributed by atoms with Gasteiger partial charge in [0.15, 0.2) is 5.84 Å². The van der Waals surface area contributed by atoms with E-state index in [1.54, 1.807) is 0 Å². The van der Waals surface area contributed by atoms with Gasteiger partial charge in [0.25, 0.3) is 5.96 Å². The lowest BCUT2D eigenvalue weighted by Gasteiger charge is -2.03. The summed E-state index contributed by atoms with van der Waals surface area (Å²) >= 11 is 0. The Morgan fingerprint density at radius 2 is 1.00 bits per heavy atom. The number of hydrogen-bond acceptors (Lipinski definition) is 2. The number of azo groups is 1. The summed E-state index contributed by atoms with van der Waals surface area (Å²) in [6.07, 6.45) is 23.1. The van der Waals surface area contributed by atoms with Crippen LogP contribution in [0.25, 0.3) is 0 Å². The van der Waals surface area contributed by atoms with Crippen LogP contribution in [-0.2, 0) is 0 Å². The van der Waals surface area contributed by atoms with Gasteiger partial charge in [-0.25, -0.2) is 0 Å². The van der Waals surface area contributed by atoms with Gasteiger partial charge in [0.05, 0.1) is 0 Å². The highest BCUT2D eigenvalue weighted by molar-refractivity contribution is 5.99. The summed E-state index contributed by atoms with van der Waals surface area (Å²) in [4.78, 5) is 3.96. The van der Waals surface area contributed by atoms with Gasteiger partial charge in [-0.3, -0.25) is 5.41 Å². The van der Waals surface area contributed by atoms with Crippen molar-refractivity contribution >= 4 is 11.8 Å². The molecule has 1 N–H and O–H groups in total. The second-order valence-corrected chi connectivity index (χ2v) is 7.10. The number of unbranched alkanes of at least 4 members (excludes halogenated alkanes) is 15. The lowest BCUT2D eigenvalue weighted by Crippen LogP contribution is -1.91. The van der Waals surface area contributed by atoms with Gasteiger partial charge in [-0.2, -0.15) is 4.99 Å². The quantitative estimate of drug-likeness (QED) is 0.269. The molecule has 0 unspecified atom stereocenters. The maximum atomic E-state index is 7.23. The molecule has 1 heterocycles. The maximum absolute atomic E-state index is 7.23. The van der Waals surface area contributed by atoms with Crippen LogP contribution in [0.15, 0.2) is 15.2 Å². The zero-order chi connectivity index (χ0) is 17.3. The van der Waals surface area contributed by atoms with E-state index in [-0.39, 0.29) is 5.96 Å².